The Labute approximate surface area is 169 Å². The van der Waals surface area contributed by atoms with Gasteiger partial charge in [-0.25, -0.2) is 4.98 Å². The first-order chi connectivity index (χ1) is 13.5. The Balaban J connectivity index is 1.66. The topological polar surface area (TPSA) is 61.0 Å². The molecule has 0 spiro atoms. The summed E-state index contributed by atoms with van der Waals surface area (Å²) < 4.78 is 0. The first-order valence-corrected chi connectivity index (χ1v) is 10.2. The summed E-state index contributed by atoms with van der Waals surface area (Å²) in [5.74, 6) is 1.19. The molecule has 3 aromatic rings. The summed E-state index contributed by atoms with van der Waals surface area (Å²) in [6.07, 6.45) is 5.46. The minimum absolute atomic E-state index is 0.184. The standard InChI is InChI=1S/C22H25ClN4O/c1-14-5-3-4-10-27(13-14)18-7-6-17(11-15(18)2)25-21-20-16(12-19(23)26-21)8-9-24-22(20)28/h6-9,11-12,14H,3-5,10,13H2,1-2H3,(H,24,28)(H,25,26)/t14-/m0/s1. The molecule has 1 saturated heterocycles. The molecule has 1 fully saturated rings. The van der Waals surface area contributed by atoms with Crippen molar-refractivity contribution in [3.8, 4) is 0 Å². The van der Waals surface area contributed by atoms with Gasteiger partial charge in [0, 0.05) is 30.7 Å². The van der Waals surface area contributed by atoms with Crippen LogP contribution in [0.4, 0.5) is 17.2 Å². The van der Waals surface area contributed by atoms with Crippen molar-refractivity contribution in [1.82, 2.24) is 9.97 Å². The van der Waals surface area contributed by atoms with Crippen LogP contribution in [-0.4, -0.2) is 23.1 Å². The molecule has 146 valence electrons. The number of nitrogens with one attached hydrogen (secondary N) is 2. The van der Waals surface area contributed by atoms with Crippen molar-refractivity contribution in [3.05, 3.63) is 57.6 Å². The first-order valence-electron chi connectivity index (χ1n) is 9.82. The molecule has 2 N–H and O–H groups in total. The first kappa shape index (κ1) is 18.8. The number of fused-ring (bicyclic) bond motifs is 1. The summed E-state index contributed by atoms with van der Waals surface area (Å²) in [4.78, 5) is 21.9. The van der Waals surface area contributed by atoms with Gasteiger partial charge in [0.05, 0.1) is 5.39 Å². The van der Waals surface area contributed by atoms with Gasteiger partial charge in [0.15, 0.2) is 0 Å². The zero-order valence-corrected chi connectivity index (χ0v) is 17.0. The second-order valence-corrected chi connectivity index (χ2v) is 8.13. The zero-order chi connectivity index (χ0) is 19.7. The van der Waals surface area contributed by atoms with E-state index in [4.69, 9.17) is 11.6 Å². The maximum atomic E-state index is 12.3. The molecular weight excluding hydrogens is 372 g/mol. The van der Waals surface area contributed by atoms with Crippen LogP contribution in [0.25, 0.3) is 10.8 Å². The van der Waals surface area contributed by atoms with Crippen molar-refractivity contribution in [3.63, 3.8) is 0 Å². The molecule has 0 aliphatic carbocycles. The Bertz CT molecular complexity index is 1060. The molecule has 1 atom stereocenters. The predicted octanol–water partition coefficient (Wildman–Crippen LogP) is 5.25. The Hall–Kier alpha value is -2.53. The van der Waals surface area contributed by atoms with Crippen LogP contribution in [0.2, 0.25) is 5.15 Å². The van der Waals surface area contributed by atoms with Crippen LogP contribution in [0.1, 0.15) is 31.7 Å². The van der Waals surface area contributed by atoms with Crippen LogP contribution < -0.4 is 15.8 Å². The number of H-pyrrole nitrogens is 1. The minimum Gasteiger partial charge on any atom is -0.371 e. The van der Waals surface area contributed by atoms with Gasteiger partial charge in [-0.1, -0.05) is 24.9 Å². The van der Waals surface area contributed by atoms with Crippen molar-refractivity contribution >= 4 is 39.6 Å². The van der Waals surface area contributed by atoms with Gasteiger partial charge < -0.3 is 15.2 Å². The third kappa shape index (κ3) is 3.85. The highest BCUT2D eigenvalue weighted by molar-refractivity contribution is 6.30. The average molecular weight is 397 g/mol. The lowest BCUT2D eigenvalue weighted by molar-refractivity contribution is 0.544. The number of aromatic nitrogens is 2. The molecule has 0 bridgehead atoms. The molecule has 5 nitrogen and oxygen atoms in total. The zero-order valence-electron chi connectivity index (χ0n) is 16.3. The van der Waals surface area contributed by atoms with Crippen molar-refractivity contribution in [1.29, 1.82) is 0 Å². The number of pyridine rings is 2. The second-order valence-electron chi connectivity index (χ2n) is 7.74. The number of anilines is 3. The van der Waals surface area contributed by atoms with E-state index in [1.54, 1.807) is 12.3 Å². The number of benzene rings is 1. The molecule has 2 aromatic heterocycles. The lowest BCUT2D eigenvalue weighted by Gasteiger charge is -2.27. The fraction of sp³-hybridized carbons (Fsp3) is 0.364. The highest BCUT2D eigenvalue weighted by atomic mass is 35.5. The largest absolute Gasteiger partial charge is 0.371 e. The maximum Gasteiger partial charge on any atom is 0.259 e. The molecular formula is C22H25ClN4O. The summed E-state index contributed by atoms with van der Waals surface area (Å²) in [5, 5.41) is 4.91. The summed E-state index contributed by atoms with van der Waals surface area (Å²) in [5.41, 5.74) is 3.19. The molecule has 1 aliphatic rings. The molecule has 0 amide bonds. The summed E-state index contributed by atoms with van der Waals surface area (Å²) >= 11 is 6.16. The van der Waals surface area contributed by atoms with E-state index in [0.29, 0.717) is 22.3 Å². The number of nitrogens with zero attached hydrogens (tertiary/aromatic N) is 2. The van der Waals surface area contributed by atoms with Gasteiger partial charge in [-0.15, -0.1) is 0 Å². The molecule has 4 rings (SSSR count). The van der Waals surface area contributed by atoms with Crippen LogP contribution in [-0.2, 0) is 0 Å². The van der Waals surface area contributed by atoms with Gasteiger partial charge >= 0.3 is 0 Å². The number of aromatic amines is 1. The van der Waals surface area contributed by atoms with Gasteiger partial charge in [-0.2, -0.15) is 0 Å². The molecule has 1 aliphatic heterocycles. The minimum atomic E-state index is -0.184. The highest BCUT2D eigenvalue weighted by Crippen LogP contribution is 2.30. The Kier molecular flexibility index (Phi) is 5.27. The van der Waals surface area contributed by atoms with E-state index in [0.717, 1.165) is 24.2 Å². The van der Waals surface area contributed by atoms with Gasteiger partial charge in [0.2, 0.25) is 0 Å². The number of rotatable bonds is 3. The lowest BCUT2D eigenvalue weighted by Crippen LogP contribution is -2.27. The van der Waals surface area contributed by atoms with Crippen LogP contribution in [0.15, 0.2) is 41.3 Å². The molecule has 3 heterocycles. The third-order valence-corrected chi connectivity index (χ3v) is 5.62. The van der Waals surface area contributed by atoms with Crippen LogP contribution in [0.5, 0.6) is 0 Å². The van der Waals surface area contributed by atoms with Crippen LogP contribution in [0.3, 0.4) is 0 Å². The van der Waals surface area contributed by atoms with Gasteiger partial charge in [0.1, 0.15) is 11.0 Å². The fourth-order valence-electron chi connectivity index (χ4n) is 4.07. The number of hydrogen-bond donors (Lipinski definition) is 2. The lowest BCUT2D eigenvalue weighted by atomic mass is 10.1. The molecule has 1 aromatic carbocycles. The van der Waals surface area contributed by atoms with E-state index in [1.807, 2.05) is 12.1 Å². The van der Waals surface area contributed by atoms with E-state index < -0.39 is 0 Å². The summed E-state index contributed by atoms with van der Waals surface area (Å²) in [6.45, 7) is 6.67. The fourth-order valence-corrected chi connectivity index (χ4v) is 4.27. The number of aryl methyl sites for hydroxylation is 1. The van der Waals surface area contributed by atoms with Gasteiger partial charge in [-0.05, 0) is 67.0 Å². The molecule has 0 saturated carbocycles. The van der Waals surface area contributed by atoms with Crippen molar-refractivity contribution in [2.75, 3.05) is 23.3 Å². The normalized spacial score (nSPS) is 17.5. The van der Waals surface area contributed by atoms with E-state index in [9.17, 15) is 4.79 Å². The van der Waals surface area contributed by atoms with Crippen molar-refractivity contribution in [2.24, 2.45) is 5.92 Å². The monoisotopic (exact) mass is 396 g/mol. The second kappa shape index (κ2) is 7.84. The highest BCUT2D eigenvalue weighted by Gasteiger charge is 2.17. The Morgan fingerprint density at radius 2 is 2.11 bits per heavy atom. The Morgan fingerprint density at radius 1 is 1.25 bits per heavy atom. The van der Waals surface area contributed by atoms with E-state index in [1.165, 1.54) is 30.5 Å². The molecule has 0 unspecified atom stereocenters. The molecule has 6 heteroatoms. The molecule has 0 radical (unpaired) electrons. The summed E-state index contributed by atoms with van der Waals surface area (Å²) in [6, 6.07) is 9.84. The van der Waals surface area contributed by atoms with E-state index >= 15 is 0 Å². The summed E-state index contributed by atoms with van der Waals surface area (Å²) in [7, 11) is 0. The smallest absolute Gasteiger partial charge is 0.259 e. The number of halogens is 1. The average Bonchev–Trinajstić information content (AvgIpc) is 2.86. The molecule has 28 heavy (non-hydrogen) atoms. The van der Waals surface area contributed by atoms with Crippen molar-refractivity contribution in [2.45, 2.75) is 33.1 Å². The Morgan fingerprint density at radius 3 is 2.93 bits per heavy atom. The quantitative estimate of drug-likeness (QED) is 0.593. The number of hydrogen-bond acceptors (Lipinski definition) is 4. The maximum absolute atomic E-state index is 12.3. The van der Waals surface area contributed by atoms with Crippen LogP contribution >= 0.6 is 11.6 Å². The van der Waals surface area contributed by atoms with Crippen LogP contribution in [0, 0.1) is 12.8 Å². The SMILES string of the molecule is Cc1cc(Nc2nc(Cl)cc3cc[nH]c(=O)c23)ccc1N1CCCC[C@H](C)C1. The third-order valence-electron chi connectivity index (χ3n) is 5.43. The van der Waals surface area contributed by atoms with E-state index in [-0.39, 0.29) is 5.56 Å². The van der Waals surface area contributed by atoms with Gasteiger partial charge in [0.25, 0.3) is 5.56 Å². The van der Waals surface area contributed by atoms with Crippen molar-refractivity contribution < 1.29 is 0 Å². The van der Waals surface area contributed by atoms with E-state index in [2.05, 4.69) is 46.2 Å². The van der Waals surface area contributed by atoms with Gasteiger partial charge in [-0.3, -0.25) is 4.79 Å². The predicted molar refractivity (Wildman–Crippen MR) is 117 cm³/mol.